The first-order valence-electron chi connectivity index (χ1n) is 7.37. The summed E-state index contributed by atoms with van der Waals surface area (Å²) >= 11 is 0. The van der Waals surface area contributed by atoms with E-state index in [0.29, 0.717) is 18.0 Å². The second kappa shape index (κ2) is 5.26. The molecule has 1 saturated heterocycles. The van der Waals surface area contributed by atoms with Crippen molar-refractivity contribution in [3.05, 3.63) is 23.8 Å². The van der Waals surface area contributed by atoms with Crippen molar-refractivity contribution in [2.75, 3.05) is 32.1 Å². The fourth-order valence-corrected chi connectivity index (χ4v) is 4.73. The zero-order valence-electron chi connectivity index (χ0n) is 12.6. The summed E-state index contributed by atoms with van der Waals surface area (Å²) in [5.74, 6) is 0. The number of nitrogens with one attached hydrogen (secondary N) is 1. The molecule has 0 bridgehead atoms. The van der Waals surface area contributed by atoms with Crippen molar-refractivity contribution in [1.82, 2.24) is 4.31 Å². The van der Waals surface area contributed by atoms with Crippen LogP contribution in [0.25, 0.3) is 0 Å². The van der Waals surface area contributed by atoms with E-state index < -0.39 is 10.0 Å². The number of nitrogens with zero attached hydrogens (tertiary/aromatic N) is 1. The Morgan fingerprint density at radius 3 is 2.95 bits per heavy atom. The molecule has 2 aliphatic heterocycles. The second-order valence-electron chi connectivity index (χ2n) is 6.09. The summed E-state index contributed by atoms with van der Waals surface area (Å²) < 4.78 is 32.7. The van der Waals surface area contributed by atoms with Gasteiger partial charge in [-0.25, -0.2) is 8.42 Å². The lowest BCUT2D eigenvalue weighted by atomic mass is 9.96. The summed E-state index contributed by atoms with van der Waals surface area (Å²) in [5, 5.41) is 3.24. The molecule has 5 nitrogen and oxygen atoms in total. The fourth-order valence-electron chi connectivity index (χ4n) is 3.11. The standard InChI is InChI=1S/C15H22N2O3S/c1-15(20-2)7-3-9-17(11-15)21(18,19)13-5-4-12-6-8-16-14(12)10-13/h4-5,10,16H,3,6-9,11H2,1-2H3. The van der Waals surface area contributed by atoms with E-state index in [0.717, 1.165) is 31.5 Å². The molecule has 0 aliphatic carbocycles. The van der Waals surface area contributed by atoms with E-state index in [1.165, 1.54) is 5.56 Å². The Bertz CT molecular complexity index is 644. The van der Waals surface area contributed by atoms with Crippen LogP contribution >= 0.6 is 0 Å². The molecule has 0 saturated carbocycles. The van der Waals surface area contributed by atoms with Crippen molar-refractivity contribution in [3.8, 4) is 0 Å². The number of sulfonamides is 1. The van der Waals surface area contributed by atoms with E-state index in [4.69, 9.17) is 4.74 Å². The molecule has 116 valence electrons. The fraction of sp³-hybridized carbons (Fsp3) is 0.600. The second-order valence-corrected chi connectivity index (χ2v) is 8.03. The van der Waals surface area contributed by atoms with Crippen LogP contribution < -0.4 is 5.32 Å². The maximum absolute atomic E-state index is 12.8. The maximum Gasteiger partial charge on any atom is 0.243 e. The third-order valence-corrected chi connectivity index (χ3v) is 6.39. The lowest BCUT2D eigenvalue weighted by molar-refractivity contribution is -0.0319. The Morgan fingerprint density at radius 1 is 1.38 bits per heavy atom. The van der Waals surface area contributed by atoms with Gasteiger partial charge in [0.25, 0.3) is 0 Å². The monoisotopic (exact) mass is 310 g/mol. The van der Waals surface area contributed by atoms with Crippen LogP contribution in [-0.4, -0.2) is 45.1 Å². The van der Waals surface area contributed by atoms with Gasteiger partial charge in [0.2, 0.25) is 10.0 Å². The molecular weight excluding hydrogens is 288 g/mol. The Hall–Kier alpha value is -1.11. The van der Waals surface area contributed by atoms with Gasteiger partial charge < -0.3 is 10.1 Å². The van der Waals surface area contributed by atoms with Gasteiger partial charge in [0, 0.05) is 32.4 Å². The van der Waals surface area contributed by atoms with Gasteiger partial charge in [-0.05, 0) is 43.9 Å². The van der Waals surface area contributed by atoms with Crippen LogP contribution in [0.4, 0.5) is 5.69 Å². The molecule has 3 rings (SSSR count). The number of piperidine rings is 1. The first-order valence-corrected chi connectivity index (χ1v) is 8.81. The van der Waals surface area contributed by atoms with Gasteiger partial charge in [-0.1, -0.05) is 6.07 Å². The summed E-state index contributed by atoms with van der Waals surface area (Å²) in [5.41, 5.74) is 1.75. The molecule has 1 aromatic carbocycles. The van der Waals surface area contributed by atoms with Crippen molar-refractivity contribution in [3.63, 3.8) is 0 Å². The van der Waals surface area contributed by atoms with Crippen LogP contribution in [0.2, 0.25) is 0 Å². The number of ether oxygens (including phenoxy) is 1. The van der Waals surface area contributed by atoms with Crippen LogP contribution in [-0.2, 0) is 21.2 Å². The molecule has 0 spiro atoms. The minimum atomic E-state index is -3.45. The minimum absolute atomic E-state index is 0.371. The van der Waals surface area contributed by atoms with Crippen LogP contribution in [0.5, 0.6) is 0 Å². The van der Waals surface area contributed by atoms with Gasteiger partial charge >= 0.3 is 0 Å². The molecule has 2 heterocycles. The summed E-state index contributed by atoms with van der Waals surface area (Å²) in [4.78, 5) is 0.371. The topological polar surface area (TPSA) is 58.6 Å². The van der Waals surface area contributed by atoms with Gasteiger partial charge in [0.05, 0.1) is 10.5 Å². The quantitative estimate of drug-likeness (QED) is 0.925. The predicted molar refractivity (Wildman–Crippen MR) is 82.0 cm³/mol. The SMILES string of the molecule is COC1(C)CCCN(S(=O)(=O)c2ccc3c(c2)NCC3)C1. The van der Waals surface area contributed by atoms with Crippen molar-refractivity contribution in [2.45, 2.75) is 36.7 Å². The normalized spacial score (nSPS) is 26.4. The molecule has 0 aromatic heterocycles. The molecule has 0 amide bonds. The molecule has 0 radical (unpaired) electrons. The molecule has 21 heavy (non-hydrogen) atoms. The Kier molecular flexibility index (Phi) is 3.71. The van der Waals surface area contributed by atoms with E-state index in [9.17, 15) is 8.42 Å². The van der Waals surface area contributed by atoms with Crippen molar-refractivity contribution >= 4 is 15.7 Å². The van der Waals surface area contributed by atoms with E-state index in [-0.39, 0.29) is 5.60 Å². The maximum atomic E-state index is 12.8. The number of hydrogen-bond acceptors (Lipinski definition) is 4. The zero-order valence-corrected chi connectivity index (χ0v) is 13.4. The molecule has 1 fully saturated rings. The summed E-state index contributed by atoms with van der Waals surface area (Å²) in [6, 6.07) is 5.40. The number of fused-ring (bicyclic) bond motifs is 1. The number of rotatable bonds is 3. The zero-order chi connectivity index (χ0) is 15.1. The van der Waals surface area contributed by atoms with Crippen molar-refractivity contribution in [2.24, 2.45) is 0 Å². The van der Waals surface area contributed by atoms with Gasteiger partial charge in [-0.3, -0.25) is 0 Å². The number of benzene rings is 1. The smallest absolute Gasteiger partial charge is 0.243 e. The Labute approximate surface area is 126 Å². The minimum Gasteiger partial charge on any atom is -0.384 e. The van der Waals surface area contributed by atoms with Crippen molar-refractivity contribution < 1.29 is 13.2 Å². The number of hydrogen-bond donors (Lipinski definition) is 1. The molecule has 6 heteroatoms. The average molecular weight is 310 g/mol. The average Bonchev–Trinajstić information content (AvgIpc) is 2.94. The van der Waals surface area contributed by atoms with Gasteiger partial charge in [0.1, 0.15) is 0 Å². The third-order valence-electron chi connectivity index (χ3n) is 4.55. The highest BCUT2D eigenvalue weighted by Crippen LogP contribution is 2.31. The molecule has 2 aliphatic rings. The van der Waals surface area contributed by atoms with Crippen LogP contribution in [0.1, 0.15) is 25.3 Å². The van der Waals surface area contributed by atoms with Crippen LogP contribution in [0, 0.1) is 0 Å². The van der Waals surface area contributed by atoms with E-state index >= 15 is 0 Å². The predicted octanol–water partition coefficient (Wildman–Crippen LogP) is 1.84. The van der Waals surface area contributed by atoms with E-state index in [2.05, 4.69) is 5.32 Å². The van der Waals surface area contributed by atoms with E-state index in [1.807, 2.05) is 13.0 Å². The van der Waals surface area contributed by atoms with Gasteiger partial charge in [-0.2, -0.15) is 4.31 Å². The number of methoxy groups -OCH3 is 1. The molecular formula is C15H22N2O3S. The molecule has 1 unspecified atom stereocenters. The lowest BCUT2D eigenvalue weighted by Crippen LogP contribution is -2.49. The largest absolute Gasteiger partial charge is 0.384 e. The Morgan fingerprint density at radius 2 is 2.19 bits per heavy atom. The first kappa shape index (κ1) is 14.8. The Balaban J connectivity index is 1.90. The molecule has 1 N–H and O–H groups in total. The third kappa shape index (κ3) is 2.67. The summed E-state index contributed by atoms with van der Waals surface area (Å²) in [6.07, 6.45) is 2.68. The van der Waals surface area contributed by atoms with Crippen LogP contribution in [0.15, 0.2) is 23.1 Å². The summed E-state index contributed by atoms with van der Waals surface area (Å²) in [6.45, 7) is 3.82. The lowest BCUT2D eigenvalue weighted by Gasteiger charge is -2.38. The molecule has 1 aromatic rings. The highest BCUT2D eigenvalue weighted by molar-refractivity contribution is 7.89. The highest BCUT2D eigenvalue weighted by atomic mass is 32.2. The van der Waals surface area contributed by atoms with Gasteiger partial charge in [-0.15, -0.1) is 0 Å². The summed E-state index contributed by atoms with van der Waals surface area (Å²) in [7, 11) is -1.80. The van der Waals surface area contributed by atoms with Gasteiger partial charge in [0.15, 0.2) is 0 Å². The molecule has 1 atom stereocenters. The number of anilines is 1. The first-order chi connectivity index (χ1) is 9.94. The van der Waals surface area contributed by atoms with Crippen molar-refractivity contribution in [1.29, 1.82) is 0 Å². The van der Waals surface area contributed by atoms with E-state index in [1.54, 1.807) is 23.5 Å². The highest BCUT2D eigenvalue weighted by Gasteiger charge is 2.37. The van der Waals surface area contributed by atoms with Crippen LogP contribution in [0.3, 0.4) is 0 Å².